The van der Waals surface area contributed by atoms with Crippen molar-refractivity contribution in [2.45, 2.75) is 18.8 Å². The third kappa shape index (κ3) is 1.23. The van der Waals surface area contributed by atoms with E-state index in [9.17, 15) is 5.11 Å². The van der Waals surface area contributed by atoms with Gasteiger partial charge in [0.25, 0.3) is 0 Å². The molecule has 12 heavy (non-hydrogen) atoms. The molecule has 0 bridgehead atoms. The first-order valence-electron chi connectivity index (χ1n) is 3.96. The number of hydrogen-bond donors (Lipinski definition) is 2. The molecule has 0 heterocycles. The molecule has 1 saturated carbocycles. The van der Waals surface area contributed by atoms with Crippen molar-refractivity contribution in [3.8, 4) is 5.75 Å². The fourth-order valence-corrected chi connectivity index (χ4v) is 1.62. The number of nitrogens with two attached hydrogens (primary N) is 1. The van der Waals surface area contributed by atoms with Crippen LogP contribution in [0.2, 0.25) is 5.02 Å². The first-order chi connectivity index (χ1) is 5.68. The van der Waals surface area contributed by atoms with Gasteiger partial charge >= 0.3 is 0 Å². The van der Waals surface area contributed by atoms with Crippen LogP contribution in [0.15, 0.2) is 12.1 Å². The summed E-state index contributed by atoms with van der Waals surface area (Å²) in [6, 6.07) is 3.29. The zero-order chi connectivity index (χ0) is 8.72. The van der Waals surface area contributed by atoms with Gasteiger partial charge < -0.3 is 10.8 Å². The van der Waals surface area contributed by atoms with Crippen molar-refractivity contribution >= 4 is 17.3 Å². The largest absolute Gasteiger partial charge is 0.506 e. The van der Waals surface area contributed by atoms with E-state index >= 15 is 0 Å². The summed E-state index contributed by atoms with van der Waals surface area (Å²) >= 11 is 5.92. The fourth-order valence-electron chi connectivity index (χ4n) is 1.30. The van der Waals surface area contributed by atoms with Gasteiger partial charge in [-0.15, -0.1) is 0 Å². The first-order valence-corrected chi connectivity index (χ1v) is 4.34. The molecular formula is C9H10ClNO. The fraction of sp³-hybridized carbons (Fsp3) is 0.333. The minimum atomic E-state index is 0.0735. The lowest BCUT2D eigenvalue weighted by Crippen LogP contribution is -1.89. The van der Waals surface area contributed by atoms with Gasteiger partial charge in [-0.25, -0.2) is 0 Å². The molecule has 1 aliphatic carbocycles. The molecule has 3 N–H and O–H groups in total. The quantitative estimate of drug-likeness (QED) is 0.519. The molecule has 0 unspecified atom stereocenters. The normalized spacial score (nSPS) is 16.4. The number of benzene rings is 1. The smallest absolute Gasteiger partial charge is 0.139 e. The standard InChI is InChI=1S/C9H10ClNO/c10-7-4-9(12)8(11)3-6(7)5-1-2-5/h3-5,12H,1-2,11H2. The third-order valence-corrected chi connectivity index (χ3v) is 2.49. The predicted molar refractivity (Wildman–Crippen MR) is 49.5 cm³/mol. The molecule has 1 aromatic carbocycles. The lowest BCUT2D eigenvalue weighted by atomic mass is 10.1. The maximum atomic E-state index is 9.22. The minimum Gasteiger partial charge on any atom is -0.506 e. The second kappa shape index (κ2) is 2.56. The van der Waals surface area contributed by atoms with Crippen molar-refractivity contribution in [3.05, 3.63) is 22.7 Å². The molecule has 0 radical (unpaired) electrons. The molecule has 3 heteroatoms. The van der Waals surface area contributed by atoms with Crippen LogP contribution >= 0.6 is 11.6 Å². The molecular weight excluding hydrogens is 174 g/mol. The van der Waals surface area contributed by atoms with Crippen LogP contribution in [0.5, 0.6) is 5.75 Å². The van der Waals surface area contributed by atoms with E-state index in [0.717, 1.165) is 5.56 Å². The van der Waals surface area contributed by atoms with Crippen molar-refractivity contribution in [2.75, 3.05) is 5.73 Å². The summed E-state index contributed by atoms with van der Waals surface area (Å²) in [7, 11) is 0. The van der Waals surface area contributed by atoms with Crippen molar-refractivity contribution < 1.29 is 5.11 Å². The SMILES string of the molecule is Nc1cc(C2CC2)c(Cl)cc1O. The Labute approximate surface area is 76.0 Å². The maximum absolute atomic E-state index is 9.22. The van der Waals surface area contributed by atoms with Crippen molar-refractivity contribution in [3.63, 3.8) is 0 Å². The third-order valence-electron chi connectivity index (χ3n) is 2.16. The molecule has 64 valence electrons. The molecule has 0 saturated heterocycles. The highest BCUT2D eigenvalue weighted by Crippen LogP contribution is 2.45. The van der Waals surface area contributed by atoms with Gasteiger partial charge in [0.05, 0.1) is 5.69 Å². The monoisotopic (exact) mass is 183 g/mol. The Morgan fingerprint density at radius 1 is 1.42 bits per heavy atom. The van der Waals surface area contributed by atoms with Crippen molar-refractivity contribution in [1.82, 2.24) is 0 Å². The molecule has 0 aromatic heterocycles. The van der Waals surface area contributed by atoms with E-state index < -0.39 is 0 Å². The number of phenols is 1. The number of nitrogen functional groups attached to an aromatic ring is 1. The Bertz CT molecular complexity index is 321. The van der Waals surface area contributed by atoms with Crippen LogP contribution in [-0.2, 0) is 0 Å². The van der Waals surface area contributed by atoms with Gasteiger partial charge in [0, 0.05) is 11.1 Å². The number of aromatic hydroxyl groups is 1. The summed E-state index contributed by atoms with van der Waals surface area (Å²) in [4.78, 5) is 0. The Balaban J connectivity index is 2.47. The Morgan fingerprint density at radius 3 is 2.67 bits per heavy atom. The molecule has 2 nitrogen and oxygen atoms in total. The summed E-state index contributed by atoms with van der Waals surface area (Å²) in [5, 5.41) is 9.85. The second-order valence-corrected chi connectivity index (χ2v) is 3.61. The second-order valence-electron chi connectivity index (χ2n) is 3.21. The van der Waals surface area contributed by atoms with Crippen LogP contribution in [-0.4, -0.2) is 5.11 Å². The summed E-state index contributed by atoms with van der Waals surface area (Å²) in [5.41, 5.74) is 7.04. The molecule has 0 spiro atoms. The van der Waals surface area contributed by atoms with Crippen LogP contribution in [0, 0.1) is 0 Å². The van der Waals surface area contributed by atoms with E-state index in [4.69, 9.17) is 17.3 Å². The Hall–Kier alpha value is -0.890. The van der Waals surface area contributed by atoms with Crippen molar-refractivity contribution in [2.24, 2.45) is 0 Å². The van der Waals surface area contributed by atoms with Crippen LogP contribution in [0.3, 0.4) is 0 Å². The van der Waals surface area contributed by atoms with Crippen LogP contribution < -0.4 is 5.73 Å². The summed E-state index contributed by atoms with van der Waals surface area (Å²) in [5.74, 6) is 0.643. The van der Waals surface area contributed by atoms with Crippen LogP contribution in [0.1, 0.15) is 24.3 Å². The summed E-state index contributed by atoms with van der Waals surface area (Å²) in [6.07, 6.45) is 2.37. The highest BCUT2D eigenvalue weighted by molar-refractivity contribution is 6.31. The molecule has 1 aromatic rings. The Morgan fingerprint density at radius 2 is 2.08 bits per heavy atom. The number of phenolic OH excluding ortho intramolecular Hbond substituents is 1. The van der Waals surface area contributed by atoms with Crippen LogP contribution in [0.4, 0.5) is 5.69 Å². The molecule has 2 rings (SSSR count). The van der Waals surface area contributed by atoms with E-state index in [1.807, 2.05) is 0 Å². The lowest BCUT2D eigenvalue weighted by molar-refractivity contribution is 0.478. The number of halogens is 1. The van der Waals surface area contributed by atoms with E-state index in [-0.39, 0.29) is 5.75 Å². The van der Waals surface area contributed by atoms with Gasteiger partial charge in [-0.1, -0.05) is 11.6 Å². The minimum absolute atomic E-state index is 0.0735. The number of rotatable bonds is 1. The molecule has 0 aliphatic heterocycles. The average Bonchev–Trinajstić information content (AvgIpc) is 2.79. The van der Waals surface area contributed by atoms with Gasteiger partial charge in [0.2, 0.25) is 0 Å². The zero-order valence-corrected chi connectivity index (χ0v) is 7.30. The molecule has 0 atom stereocenters. The van der Waals surface area contributed by atoms with Gasteiger partial charge in [-0.3, -0.25) is 0 Å². The molecule has 1 aliphatic rings. The number of anilines is 1. The van der Waals surface area contributed by atoms with Crippen LogP contribution in [0.25, 0.3) is 0 Å². The Kier molecular flexibility index (Phi) is 1.65. The summed E-state index contributed by atoms with van der Waals surface area (Å²) in [6.45, 7) is 0. The average molecular weight is 184 g/mol. The van der Waals surface area contributed by atoms with E-state index in [0.29, 0.717) is 16.6 Å². The van der Waals surface area contributed by atoms with Gasteiger partial charge in [-0.05, 0) is 30.4 Å². The van der Waals surface area contributed by atoms with Gasteiger partial charge in [0.1, 0.15) is 5.75 Å². The van der Waals surface area contributed by atoms with Crippen molar-refractivity contribution in [1.29, 1.82) is 0 Å². The topological polar surface area (TPSA) is 46.2 Å². The predicted octanol–water partition coefficient (Wildman–Crippen LogP) is 2.51. The van der Waals surface area contributed by atoms with E-state index in [1.165, 1.54) is 18.9 Å². The highest BCUT2D eigenvalue weighted by atomic mass is 35.5. The lowest BCUT2D eigenvalue weighted by Gasteiger charge is -2.05. The zero-order valence-electron chi connectivity index (χ0n) is 6.55. The maximum Gasteiger partial charge on any atom is 0.139 e. The van der Waals surface area contributed by atoms with Gasteiger partial charge in [0.15, 0.2) is 0 Å². The molecule has 1 fully saturated rings. The van der Waals surface area contributed by atoms with E-state index in [1.54, 1.807) is 6.07 Å². The van der Waals surface area contributed by atoms with Gasteiger partial charge in [-0.2, -0.15) is 0 Å². The molecule has 0 amide bonds. The van der Waals surface area contributed by atoms with E-state index in [2.05, 4.69) is 0 Å². The summed E-state index contributed by atoms with van der Waals surface area (Å²) < 4.78 is 0. The highest BCUT2D eigenvalue weighted by Gasteiger charge is 2.26. The number of hydrogen-bond acceptors (Lipinski definition) is 2. The first kappa shape index (κ1) is 7.74.